The summed E-state index contributed by atoms with van der Waals surface area (Å²) in [5, 5.41) is 11.1. The number of carboxylic acids is 1. The van der Waals surface area contributed by atoms with Gasteiger partial charge in [0.2, 0.25) is 5.91 Å². The van der Waals surface area contributed by atoms with E-state index in [1.807, 2.05) is 13.8 Å². The van der Waals surface area contributed by atoms with Crippen LogP contribution in [-0.2, 0) is 9.59 Å². The number of carbonyl (C=O) groups is 2. The third-order valence-corrected chi connectivity index (χ3v) is 2.72. The Kier molecular flexibility index (Phi) is 6.95. The van der Waals surface area contributed by atoms with Crippen molar-refractivity contribution < 1.29 is 24.2 Å². The number of ether oxygens (including phenoxy) is 2. The summed E-state index contributed by atoms with van der Waals surface area (Å²) in [4.78, 5) is 22.2. The van der Waals surface area contributed by atoms with Gasteiger partial charge in [0.25, 0.3) is 0 Å². The summed E-state index contributed by atoms with van der Waals surface area (Å²) >= 11 is 0. The number of nitrogens with one attached hydrogen (secondary N) is 1. The Morgan fingerprint density at radius 3 is 2.45 bits per heavy atom. The lowest BCUT2D eigenvalue weighted by molar-refractivity contribution is -0.140. The summed E-state index contributed by atoms with van der Waals surface area (Å²) in [6, 6.07) is 4.39. The molecule has 1 amide bonds. The van der Waals surface area contributed by atoms with Crippen LogP contribution in [0.1, 0.15) is 26.3 Å². The lowest BCUT2D eigenvalue weighted by Gasteiger charge is -2.11. The fourth-order valence-electron chi connectivity index (χ4n) is 1.67. The molecule has 0 spiro atoms. The first kappa shape index (κ1) is 17.6. The molecular formula is C16H21NO5. The quantitative estimate of drug-likeness (QED) is 0.718. The summed E-state index contributed by atoms with van der Waals surface area (Å²) < 4.78 is 11.0. The summed E-state index contributed by atoms with van der Waals surface area (Å²) in [6.45, 7) is 6.20. The molecule has 0 saturated heterocycles. The zero-order valence-electron chi connectivity index (χ0n) is 13.0. The lowest BCUT2D eigenvalue weighted by Crippen LogP contribution is -2.37. The molecule has 0 bridgehead atoms. The smallest absolute Gasteiger partial charge is 0.325 e. The van der Waals surface area contributed by atoms with E-state index in [9.17, 15) is 9.59 Å². The topological polar surface area (TPSA) is 84.9 Å². The van der Waals surface area contributed by atoms with E-state index < -0.39 is 17.9 Å². The molecule has 0 unspecified atom stereocenters. The van der Waals surface area contributed by atoms with Gasteiger partial charge in [-0.2, -0.15) is 0 Å². The van der Waals surface area contributed by atoms with Crippen LogP contribution in [0.4, 0.5) is 0 Å². The van der Waals surface area contributed by atoms with Crippen LogP contribution in [0.3, 0.4) is 0 Å². The minimum Gasteiger partial charge on any atom is -0.490 e. The van der Waals surface area contributed by atoms with E-state index in [0.717, 1.165) is 5.56 Å². The predicted molar refractivity (Wildman–Crippen MR) is 83.1 cm³/mol. The standard InChI is InChI=1S/C16H21NO5/c1-4-21-13-8-6-12(10-14(13)22-5-2)7-9-15(18)17-11(3)16(19)20/h6-11H,4-5H2,1-3H3,(H,17,18)(H,19,20)/b9-7+/t11-/m0/s1. The second-order valence-electron chi connectivity index (χ2n) is 4.47. The highest BCUT2D eigenvalue weighted by Crippen LogP contribution is 2.28. The first-order valence-corrected chi connectivity index (χ1v) is 7.09. The van der Waals surface area contributed by atoms with Crippen molar-refractivity contribution in [2.75, 3.05) is 13.2 Å². The summed E-state index contributed by atoms with van der Waals surface area (Å²) in [5.74, 6) is -0.306. The Balaban J connectivity index is 2.80. The second-order valence-corrected chi connectivity index (χ2v) is 4.47. The maximum absolute atomic E-state index is 11.6. The van der Waals surface area contributed by atoms with Crippen LogP contribution in [0, 0.1) is 0 Å². The molecule has 2 N–H and O–H groups in total. The van der Waals surface area contributed by atoms with Crippen LogP contribution in [0.15, 0.2) is 24.3 Å². The van der Waals surface area contributed by atoms with E-state index in [4.69, 9.17) is 14.6 Å². The van der Waals surface area contributed by atoms with Crippen molar-refractivity contribution in [1.29, 1.82) is 0 Å². The van der Waals surface area contributed by atoms with Gasteiger partial charge in [0.1, 0.15) is 6.04 Å². The molecule has 0 heterocycles. The van der Waals surface area contributed by atoms with Crippen molar-refractivity contribution in [2.24, 2.45) is 0 Å². The zero-order valence-corrected chi connectivity index (χ0v) is 13.0. The first-order chi connectivity index (χ1) is 10.5. The molecule has 22 heavy (non-hydrogen) atoms. The SMILES string of the molecule is CCOc1ccc(/C=C/C(=O)N[C@@H](C)C(=O)O)cc1OCC. The Morgan fingerprint density at radius 2 is 1.86 bits per heavy atom. The van der Waals surface area contributed by atoms with E-state index in [2.05, 4.69) is 5.32 Å². The summed E-state index contributed by atoms with van der Waals surface area (Å²) in [7, 11) is 0. The number of hydrogen-bond donors (Lipinski definition) is 2. The molecule has 120 valence electrons. The number of carbonyl (C=O) groups excluding carboxylic acids is 1. The van der Waals surface area contributed by atoms with Crippen LogP contribution in [0.2, 0.25) is 0 Å². The monoisotopic (exact) mass is 307 g/mol. The molecule has 0 aliphatic carbocycles. The lowest BCUT2D eigenvalue weighted by atomic mass is 10.2. The van der Waals surface area contributed by atoms with E-state index in [1.165, 1.54) is 13.0 Å². The molecule has 6 nitrogen and oxygen atoms in total. The highest BCUT2D eigenvalue weighted by Gasteiger charge is 2.11. The number of hydrogen-bond acceptors (Lipinski definition) is 4. The van der Waals surface area contributed by atoms with E-state index in [1.54, 1.807) is 24.3 Å². The first-order valence-electron chi connectivity index (χ1n) is 7.09. The fraction of sp³-hybridized carbons (Fsp3) is 0.375. The number of amides is 1. The van der Waals surface area contributed by atoms with Crippen molar-refractivity contribution in [2.45, 2.75) is 26.8 Å². The van der Waals surface area contributed by atoms with Gasteiger partial charge in [-0.25, -0.2) is 0 Å². The van der Waals surface area contributed by atoms with Gasteiger partial charge in [-0.1, -0.05) is 6.07 Å². The molecule has 0 fully saturated rings. The molecule has 0 aliphatic rings. The van der Waals surface area contributed by atoms with Crippen molar-refractivity contribution in [3.05, 3.63) is 29.8 Å². The molecule has 1 aromatic rings. The molecule has 0 aliphatic heterocycles. The third-order valence-electron chi connectivity index (χ3n) is 2.72. The number of benzene rings is 1. The van der Waals surface area contributed by atoms with Gasteiger partial charge < -0.3 is 19.9 Å². The highest BCUT2D eigenvalue weighted by atomic mass is 16.5. The van der Waals surface area contributed by atoms with Crippen molar-refractivity contribution in [1.82, 2.24) is 5.32 Å². The Labute approximate surface area is 129 Å². The summed E-state index contributed by atoms with van der Waals surface area (Å²) in [5.41, 5.74) is 0.755. The van der Waals surface area contributed by atoms with Gasteiger partial charge in [-0.15, -0.1) is 0 Å². The van der Waals surface area contributed by atoms with Gasteiger partial charge in [0, 0.05) is 6.08 Å². The molecule has 0 saturated carbocycles. The normalized spacial score (nSPS) is 12.0. The minimum atomic E-state index is -1.08. The van der Waals surface area contributed by atoms with E-state index in [0.29, 0.717) is 24.7 Å². The van der Waals surface area contributed by atoms with Crippen LogP contribution in [0.5, 0.6) is 11.5 Å². The second kappa shape index (κ2) is 8.71. The maximum atomic E-state index is 11.6. The minimum absolute atomic E-state index is 0.471. The molecular weight excluding hydrogens is 286 g/mol. The Hall–Kier alpha value is -2.50. The maximum Gasteiger partial charge on any atom is 0.325 e. The fourth-order valence-corrected chi connectivity index (χ4v) is 1.67. The number of carboxylic acid groups (broad SMARTS) is 1. The van der Waals surface area contributed by atoms with E-state index in [-0.39, 0.29) is 0 Å². The Morgan fingerprint density at radius 1 is 1.23 bits per heavy atom. The zero-order chi connectivity index (χ0) is 16.5. The van der Waals surface area contributed by atoms with Crippen molar-refractivity contribution in [3.8, 4) is 11.5 Å². The third kappa shape index (κ3) is 5.47. The van der Waals surface area contributed by atoms with Crippen molar-refractivity contribution in [3.63, 3.8) is 0 Å². The van der Waals surface area contributed by atoms with Crippen LogP contribution >= 0.6 is 0 Å². The molecule has 1 atom stereocenters. The highest BCUT2D eigenvalue weighted by molar-refractivity contribution is 5.94. The van der Waals surface area contributed by atoms with Gasteiger partial charge in [-0.3, -0.25) is 9.59 Å². The van der Waals surface area contributed by atoms with E-state index >= 15 is 0 Å². The van der Waals surface area contributed by atoms with Gasteiger partial charge in [0.05, 0.1) is 13.2 Å². The number of aliphatic carboxylic acids is 1. The molecule has 1 rings (SSSR count). The van der Waals surface area contributed by atoms with Gasteiger partial charge >= 0.3 is 5.97 Å². The molecule has 0 radical (unpaired) electrons. The molecule has 0 aromatic heterocycles. The van der Waals surface area contributed by atoms with Crippen molar-refractivity contribution >= 4 is 18.0 Å². The summed E-state index contributed by atoms with van der Waals surface area (Å²) in [6.07, 6.45) is 2.87. The van der Waals surface area contributed by atoms with Gasteiger partial charge in [0.15, 0.2) is 11.5 Å². The average Bonchev–Trinajstić information content (AvgIpc) is 2.47. The predicted octanol–water partition coefficient (Wildman–Crippen LogP) is 2.09. The molecule has 1 aromatic carbocycles. The van der Waals surface area contributed by atoms with Crippen LogP contribution in [-0.4, -0.2) is 36.2 Å². The number of rotatable bonds is 8. The average molecular weight is 307 g/mol. The Bertz CT molecular complexity index is 553. The molecule has 6 heteroatoms. The van der Waals surface area contributed by atoms with Crippen LogP contribution in [0.25, 0.3) is 6.08 Å². The van der Waals surface area contributed by atoms with Crippen LogP contribution < -0.4 is 14.8 Å². The van der Waals surface area contributed by atoms with Gasteiger partial charge in [-0.05, 0) is 44.5 Å². The largest absolute Gasteiger partial charge is 0.490 e.